The molecule has 0 saturated carbocycles. The molecule has 0 amide bonds. The normalized spacial score (nSPS) is 10.5. The maximum absolute atomic E-state index is 10.5. The number of aromatic nitrogens is 2. The molecule has 2 aromatic rings. The fraction of sp³-hybridized carbons (Fsp3) is 0.182. The Balaban J connectivity index is 1.94. The Labute approximate surface area is 121 Å². The average molecular weight is 345 g/mol. The Morgan fingerprint density at radius 3 is 3.06 bits per heavy atom. The molecule has 2 aromatic heterocycles. The molecular formula is C11H9BrN2O2S2. The van der Waals surface area contributed by atoms with Crippen LogP contribution in [-0.2, 0) is 17.0 Å². The van der Waals surface area contributed by atoms with Gasteiger partial charge in [0, 0.05) is 28.0 Å². The number of aliphatic carboxylic acids is 1. The summed E-state index contributed by atoms with van der Waals surface area (Å²) in [5.41, 5.74) is 1.71. The van der Waals surface area contributed by atoms with E-state index >= 15 is 0 Å². The molecule has 0 aliphatic carbocycles. The van der Waals surface area contributed by atoms with Crippen LogP contribution >= 0.6 is 39.0 Å². The van der Waals surface area contributed by atoms with Gasteiger partial charge in [0.2, 0.25) is 0 Å². The van der Waals surface area contributed by atoms with Crippen LogP contribution in [0.15, 0.2) is 32.7 Å². The molecule has 0 fully saturated rings. The summed E-state index contributed by atoms with van der Waals surface area (Å²) in [4.78, 5) is 18.9. The zero-order valence-electron chi connectivity index (χ0n) is 9.17. The first-order valence-electron chi connectivity index (χ1n) is 5.02. The number of carbonyl (C=O) groups is 1. The average Bonchev–Trinajstić information content (AvgIpc) is 2.73. The summed E-state index contributed by atoms with van der Waals surface area (Å²) in [7, 11) is 0. The van der Waals surface area contributed by atoms with Gasteiger partial charge in [-0.2, -0.15) is 0 Å². The van der Waals surface area contributed by atoms with Crippen LogP contribution in [0.3, 0.4) is 0 Å². The van der Waals surface area contributed by atoms with Gasteiger partial charge in [-0.15, -0.1) is 11.3 Å². The second kappa shape index (κ2) is 6.31. The van der Waals surface area contributed by atoms with Gasteiger partial charge in [-0.3, -0.25) is 9.78 Å². The van der Waals surface area contributed by atoms with E-state index in [-0.39, 0.29) is 6.42 Å². The lowest BCUT2D eigenvalue weighted by atomic mass is 10.3. The molecule has 0 radical (unpaired) electrons. The van der Waals surface area contributed by atoms with E-state index in [1.165, 1.54) is 11.3 Å². The van der Waals surface area contributed by atoms with Gasteiger partial charge < -0.3 is 5.11 Å². The van der Waals surface area contributed by atoms with Crippen LogP contribution in [0, 0.1) is 0 Å². The van der Waals surface area contributed by atoms with Crippen molar-refractivity contribution in [3.8, 4) is 0 Å². The van der Waals surface area contributed by atoms with E-state index in [0.29, 0.717) is 5.69 Å². The summed E-state index contributed by atoms with van der Waals surface area (Å²) in [5, 5.41) is 10.4. The number of thiazole rings is 1. The molecule has 0 aliphatic heterocycles. The number of hydrogen-bond acceptors (Lipinski definition) is 5. The third-order valence-corrected chi connectivity index (χ3v) is 4.56. The molecule has 0 bridgehead atoms. The first-order valence-corrected chi connectivity index (χ1v) is 7.68. The summed E-state index contributed by atoms with van der Waals surface area (Å²) in [6.07, 6.45) is 3.53. The highest BCUT2D eigenvalue weighted by Gasteiger charge is 2.07. The molecule has 0 unspecified atom stereocenters. The lowest BCUT2D eigenvalue weighted by Crippen LogP contribution is -1.99. The predicted octanol–water partition coefficient (Wildman–Crippen LogP) is 3.22. The van der Waals surface area contributed by atoms with Crippen LogP contribution < -0.4 is 0 Å². The second-order valence-electron chi connectivity index (χ2n) is 3.48. The molecule has 2 rings (SSSR count). The number of nitrogens with zero attached hydrogens (tertiary/aromatic N) is 2. The smallest absolute Gasteiger partial charge is 0.309 e. The Morgan fingerprint density at radius 1 is 1.50 bits per heavy atom. The van der Waals surface area contributed by atoms with Crippen molar-refractivity contribution in [3.63, 3.8) is 0 Å². The minimum Gasteiger partial charge on any atom is -0.481 e. The van der Waals surface area contributed by atoms with Crippen LogP contribution in [0.5, 0.6) is 0 Å². The van der Waals surface area contributed by atoms with Gasteiger partial charge in [-0.1, -0.05) is 11.8 Å². The van der Waals surface area contributed by atoms with Gasteiger partial charge in [-0.05, 0) is 27.6 Å². The Morgan fingerprint density at radius 2 is 2.33 bits per heavy atom. The summed E-state index contributed by atoms with van der Waals surface area (Å²) < 4.78 is 1.83. The van der Waals surface area contributed by atoms with E-state index in [2.05, 4.69) is 25.9 Å². The summed E-state index contributed by atoms with van der Waals surface area (Å²) in [5.74, 6) is -0.0834. The van der Waals surface area contributed by atoms with Crippen molar-refractivity contribution in [2.45, 2.75) is 16.5 Å². The van der Waals surface area contributed by atoms with Gasteiger partial charge in [0.15, 0.2) is 0 Å². The molecule has 18 heavy (non-hydrogen) atoms. The molecule has 0 atom stereocenters. The van der Waals surface area contributed by atoms with Crippen molar-refractivity contribution in [2.75, 3.05) is 0 Å². The first kappa shape index (κ1) is 13.5. The lowest BCUT2D eigenvalue weighted by Gasteiger charge is -1.98. The van der Waals surface area contributed by atoms with E-state index in [1.54, 1.807) is 23.3 Å². The van der Waals surface area contributed by atoms with Crippen LogP contribution in [0.1, 0.15) is 11.3 Å². The third kappa shape index (κ3) is 4.08. The Hall–Kier alpha value is -0.920. The summed E-state index contributed by atoms with van der Waals surface area (Å²) >= 11 is 6.42. The van der Waals surface area contributed by atoms with Crippen molar-refractivity contribution in [1.82, 2.24) is 9.97 Å². The highest BCUT2D eigenvalue weighted by molar-refractivity contribution is 9.10. The molecule has 0 aromatic carbocycles. The largest absolute Gasteiger partial charge is 0.481 e. The fourth-order valence-corrected chi connectivity index (χ4v) is 3.45. The number of pyridine rings is 1. The highest BCUT2D eigenvalue weighted by atomic mass is 79.9. The number of hydrogen-bond donors (Lipinski definition) is 1. The third-order valence-electron chi connectivity index (χ3n) is 1.99. The van der Waals surface area contributed by atoms with Gasteiger partial charge in [0.25, 0.3) is 0 Å². The monoisotopic (exact) mass is 344 g/mol. The molecule has 0 saturated heterocycles. The minimum absolute atomic E-state index is 0.0184. The SMILES string of the molecule is O=C(O)Cc1csc(SCc2cncc(Br)c2)n1. The van der Waals surface area contributed by atoms with Crippen molar-refractivity contribution in [2.24, 2.45) is 0 Å². The second-order valence-corrected chi connectivity index (χ2v) is 6.47. The zero-order chi connectivity index (χ0) is 13.0. The molecule has 7 heteroatoms. The van der Waals surface area contributed by atoms with E-state index in [4.69, 9.17) is 5.11 Å². The van der Waals surface area contributed by atoms with Crippen molar-refractivity contribution in [3.05, 3.63) is 39.6 Å². The molecule has 2 heterocycles. The van der Waals surface area contributed by atoms with Crippen LogP contribution in [-0.4, -0.2) is 21.0 Å². The number of carboxylic acids is 1. The molecule has 94 valence electrons. The quantitative estimate of drug-likeness (QED) is 0.843. The Bertz CT molecular complexity index is 559. The minimum atomic E-state index is -0.854. The van der Waals surface area contributed by atoms with Gasteiger partial charge in [-0.25, -0.2) is 4.98 Å². The van der Waals surface area contributed by atoms with Crippen LogP contribution in [0.2, 0.25) is 0 Å². The predicted molar refractivity (Wildman–Crippen MR) is 75.0 cm³/mol. The fourth-order valence-electron chi connectivity index (χ4n) is 1.27. The summed E-state index contributed by atoms with van der Waals surface area (Å²) in [6, 6.07) is 2.01. The number of thioether (sulfide) groups is 1. The molecule has 0 aliphatic rings. The van der Waals surface area contributed by atoms with Gasteiger partial charge in [0.05, 0.1) is 12.1 Å². The number of carboxylic acid groups (broad SMARTS) is 1. The van der Waals surface area contributed by atoms with Gasteiger partial charge >= 0.3 is 5.97 Å². The topological polar surface area (TPSA) is 63.1 Å². The van der Waals surface area contributed by atoms with E-state index in [0.717, 1.165) is 20.1 Å². The molecule has 1 N–H and O–H groups in total. The number of rotatable bonds is 5. The van der Waals surface area contributed by atoms with Crippen molar-refractivity contribution >= 4 is 45.0 Å². The zero-order valence-corrected chi connectivity index (χ0v) is 12.4. The maximum Gasteiger partial charge on any atom is 0.309 e. The summed E-state index contributed by atoms with van der Waals surface area (Å²) in [6.45, 7) is 0. The Kier molecular flexibility index (Phi) is 4.73. The lowest BCUT2D eigenvalue weighted by molar-refractivity contribution is -0.136. The standard InChI is InChI=1S/C11H9BrN2O2S2/c12-8-1-7(3-13-4-8)5-17-11-14-9(6-18-11)2-10(15)16/h1,3-4,6H,2,5H2,(H,15,16). The van der Waals surface area contributed by atoms with Crippen molar-refractivity contribution < 1.29 is 9.90 Å². The molecule has 4 nitrogen and oxygen atoms in total. The van der Waals surface area contributed by atoms with Crippen LogP contribution in [0.25, 0.3) is 0 Å². The highest BCUT2D eigenvalue weighted by Crippen LogP contribution is 2.26. The first-order chi connectivity index (χ1) is 8.63. The maximum atomic E-state index is 10.5. The van der Waals surface area contributed by atoms with Gasteiger partial charge in [0.1, 0.15) is 4.34 Å². The number of halogens is 1. The molecular weight excluding hydrogens is 336 g/mol. The van der Waals surface area contributed by atoms with Crippen LogP contribution in [0.4, 0.5) is 0 Å². The molecule has 0 spiro atoms. The van der Waals surface area contributed by atoms with Crippen molar-refractivity contribution in [1.29, 1.82) is 0 Å². The van der Waals surface area contributed by atoms with E-state index in [1.807, 2.05) is 12.3 Å². The van der Waals surface area contributed by atoms with E-state index in [9.17, 15) is 4.79 Å². The van der Waals surface area contributed by atoms with E-state index < -0.39 is 5.97 Å².